The van der Waals surface area contributed by atoms with Gasteiger partial charge in [-0.25, -0.2) is 10.2 Å². The third-order valence-electron chi connectivity index (χ3n) is 4.66. The van der Waals surface area contributed by atoms with E-state index in [0.717, 1.165) is 11.1 Å². The van der Waals surface area contributed by atoms with Gasteiger partial charge in [0.25, 0.3) is 5.91 Å². The smallest absolute Gasteiger partial charge is 0.343 e. The Morgan fingerprint density at radius 2 is 1.68 bits per heavy atom. The SMILES string of the molecule is CCOc1cc(/C=N/NC(=O)COc2cc(C)c(Cl)c(C)c2)ccc1OC(=O)c1ccccc1. The molecule has 0 saturated heterocycles. The van der Waals surface area contributed by atoms with E-state index in [4.69, 9.17) is 25.8 Å². The van der Waals surface area contributed by atoms with Crippen LogP contribution in [0.4, 0.5) is 0 Å². The maximum Gasteiger partial charge on any atom is 0.343 e. The summed E-state index contributed by atoms with van der Waals surface area (Å²) in [6.45, 7) is 5.76. The molecule has 176 valence electrons. The number of carbonyl (C=O) groups is 2. The van der Waals surface area contributed by atoms with E-state index in [1.165, 1.54) is 6.21 Å². The van der Waals surface area contributed by atoms with E-state index in [9.17, 15) is 9.59 Å². The molecule has 1 N–H and O–H groups in total. The third-order valence-corrected chi connectivity index (χ3v) is 5.26. The zero-order valence-electron chi connectivity index (χ0n) is 19.1. The van der Waals surface area contributed by atoms with Crippen molar-refractivity contribution in [2.24, 2.45) is 5.10 Å². The monoisotopic (exact) mass is 480 g/mol. The van der Waals surface area contributed by atoms with Gasteiger partial charge in [-0.2, -0.15) is 5.10 Å². The van der Waals surface area contributed by atoms with E-state index >= 15 is 0 Å². The molecule has 3 aromatic rings. The highest BCUT2D eigenvalue weighted by Crippen LogP contribution is 2.29. The second-order valence-electron chi connectivity index (χ2n) is 7.35. The van der Waals surface area contributed by atoms with Gasteiger partial charge in [0.2, 0.25) is 0 Å². The fourth-order valence-electron chi connectivity index (χ4n) is 3.04. The first-order valence-corrected chi connectivity index (χ1v) is 11.0. The minimum atomic E-state index is -0.485. The van der Waals surface area contributed by atoms with Crippen molar-refractivity contribution in [3.8, 4) is 17.2 Å². The molecule has 8 heteroatoms. The zero-order chi connectivity index (χ0) is 24.5. The average Bonchev–Trinajstić information content (AvgIpc) is 2.83. The predicted molar refractivity (Wildman–Crippen MR) is 131 cm³/mol. The standard InChI is InChI=1S/C26H25ClN2O5/c1-4-32-23-14-19(10-11-22(23)34-26(31)20-8-6-5-7-9-20)15-28-29-24(30)16-33-21-12-17(2)25(27)18(3)13-21/h5-15H,4,16H2,1-3H3,(H,29,30)/b28-15+. The number of esters is 1. The molecule has 0 aromatic heterocycles. The molecule has 0 aliphatic heterocycles. The molecule has 34 heavy (non-hydrogen) atoms. The van der Waals surface area contributed by atoms with Gasteiger partial charge >= 0.3 is 5.97 Å². The molecule has 0 radical (unpaired) electrons. The molecular formula is C26H25ClN2O5. The Morgan fingerprint density at radius 3 is 2.35 bits per heavy atom. The van der Waals surface area contributed by atoms with Gasteiger partial charge in [0.05, 0.1) is 18.4 Å². The quantitative estimate of drug-likeness (QED) is 0.199. The molecule has 0 unspecified atom stereocenters. The van der Waals surface area contributed by atoms with Crippen LogP contribution in [0.1, 0.15) is 34.0 Å². The van der Waals surface area contributed by atoms with Crippen molar-refractivity contribution < 1.29 is 23.8 Å². The number of benzene rings is 3. The lowest BCUT2D eigenvalue weighted by atomic mass is 10.1. The number of hydrogen-bond donors (Lipinski definition) is 1. The number of nitrogens with zero attached hydrogens (tertiary/aromatic N) is 1. The molecule has 0 fully saturated rings. The van der Waals surface area contributed by atoms with Crippen molar-refractivity contribution >= 4 is 29.7 Å². The topological polar surface area (TPSA) is 86.2 Å². The number of hydrogen-bond acceptors (Lipinski definition) is 6. The number of nitrogens with one attached hydrogen (secondary N) is 1. The van der Waals surface area contributed by atoms with Crippen LogP contribution in [0.5, 0.6) is 17.2 Å². The van der Waals surface area contributed by atoms with E-state index in [2.05, 4.69) is 10.5 Å². The van der Waals surface area contributed by atoms with Gasteiger partial charge in [0, 0.05) is 5.02 Å². The lowest BCUT2D eigenvalue weighted by molar-refractivity contribution is -0.123. The van der Waals surface area contributed by atoms with Crippen molar-refractivity contribution in [2.75, 3.05) is 13.2 Å². The maximum absolute atomic E-state index is 12.4. The summed E-state index contributed by atoms with van der Waals surface area (Å²) >= 11 is 6.15. The summed E-state index contributed by atoms with van der Waals surface area (Å²) in [5.74, 6) is 0.333. The van der Waals surface area contributed by atoms with Crippen molar-refractivity contribution in [3.63, 3.8) is 0 Å². The molecule has 0 bridgehead atoms. The van der Waals surface area contributed by atoms with Crippen molar-refractivity contribution in [1.82, 2.24) is 5.43 Å². The fourth-order valence-corrected chi connectivity index (χ4v) is 3.15. The largest absolute Gasteiger partial charge is 0.490 e. The van der Waals surface area contributed by atoms with E-state index in [1.807, 2.05) is 26.8 Å². The first-order chi connectivity index (χ1) is 16.4. The Labute approximate surface area is 203 Å². The summed E-state index contributed by atoms with van der Waals surface area (Å²) in [5, 5.41) is 4.63. The van der Waals surface area contributed by atoms with Gasteiger partial charge in [-0.1, -0.05) is 29.8 Å². The first kappa shape index (κ1) is 24.8. The Hall–Kier alpha value is -3.84. The number of halogens is 1. The van der Waals surface area contributed by atoms with Crippen LogP contribution in [0.2, 0.25) is 5.02 Å². The molecule has 0 atom stereocenters. The second kappa shape index (κ2) is 11.9. The molecular weight excluding hydrogens is 456 g/mol. The first-order valence-electron chi connectivity index (χ1n) is 10.6. The Morgan fingerprint density at radius 1 is 0.971 bits per heavy atom. The minimum absolute atomic E-state index is 0.198. The summed E-state index contributed by atoms with van der Waals surface area (Å²) < 4.78 is 16.6. The average molecular weight is 481 g/mol. The summed E-state index contributed by atoms with van der Waals surface area (Å²) in [6, 6.07) is 17.2. The Bertz CT molecular complexity index is 1170. The number of ether oxygens (including phenoxy) is 3. The van der Waals surface area contributed by atoms with Crippen LogP contribution in [-0.2, 0) is 4.79 Å². The Kier molecular flexibility index (Phi) is 8.65. The van der Waals surface area contributed by atoms with Crippen molar-refractivity contribution in [2.45, 2.75) is 20.8 Å². The molecule has 1 amide bonds. The van der Waals surface area contributed by atoms with Crippen LogP contribution < -0.4 is 19.6 Å². The van der Waals surface area contributed by atoms with E-state index in [-0.39, 0.29) is 6.61 Å². The maximum atomic E-state index is 12.4. The van der Waals surface area contributed by atoms with Crippen LogP contribution in [0.3, 0.4) is 0 Å². The highest BCUT2D eigenvalue weighted by molar-refractivity contribution is 6.32. The molecule has 0 aliphatic rings. The van der Waals surface area contributed by atoms with Crippen LogP contribution >= 0.6 is 11.6 Å². The number of aryl methyl sites for hydroxylation is 2. The van der Waals surface area contributed by atoms with Gasteiger partial charge < -0.3 is 14.2 Å². The van der Waals surface area contributed by atoms with E-state index in [1.54, 1.807) is 54.6 Å². The molecule has 3 rings (SSSR count). The van der Waals surface area contributed by atoms with Crippen LogP contribution in [0.25, 0.3) is 0 Å². The highest BCUT2D eigenvalue weighted by Gasteiger charge is 2.13. The van der Waals surface area contributed by atoms with Gasteiger partial charge in [-0.3, -0.25) is 4.79 Å². The molecule has 0 aliphatic carbocycles. The number of rotatable bonds is 9. The van der Waals surface area contributed by atoms with Crippen molar-refractivity contribution in [1.29, 1.82) is 0 Å². The van der Waals surface area contributed by atoms with Crippen LogP contribution in [0, 0.1) is 13.8 Å². The summed E-state index contributed by atoms with van der Waals surface area (Å²) in [6.07, 6.45) is 1.46. The van der Waals surface area contributed by atoms with Gasteiger partial charge in [0.15, 0.2) is 18.1 Å². The summed E-state index contributed by atoms with van der Waals surface area (Å²) in [7, 11) is 0. The van der Waals surface area contributed by atoms with Crippen molar-refractivity contribution in [3.05, 3.63) is 87.9 Å². The molecule has 0 heterocycles. The van der Waals surface area contributed by atoms with Gasteiger partial charge in [-0.15, -0.1) is 0 Å². The Balaban J connectivity index is 1.59. The molecule has 0 spiro atoms. The minimum Gasteiger partial charge on any atom is -0.490 e. The van der Waals surface area contributed by atoms with Crippen LogP contribution in [0.15, 0.2) is 65.8 Å². The normalized spacial score (nSPS) is 10.7. The lowest BCUT2D eigenvalue weighted by Gasteiger charge is -2.11. The third kappa shape index (κ3) is 6.83. The van der Waals surface area contributed by atoms with E-state index in [0.29, 0.717) is 40.0 Å². The molecule has 7 nitrogen and oxygen atoms in total. The summed E-state index contributed by atoms with van der Waals surface area (Å²) in [4.78, 5) is 24.4. The highest BCUT2D eigenvalue weighted by atomic mass is 35.5. The fraction of sp³-hybridized carbons (Fsp3) is 0.192. The number of amides is 1. The van der Waals surface area contributed by atoms with E-state index < -0.39 is 11.9 Å². The lowest BCUT2D eigenvalue weighted by Crippen LogP contribution is -2.24. The number of carbonyl (C=O) groups excluding carboxylic acids is 2. The van der Waals surface area contributed by atoms with Gasteiger partial charge in [-0.05, 0) is 79.9 Å². The zero-order valence-corrected chi connectivity index (χ0v) is 19.9. The number of hydrazone groups is 1. The predicted octanol–water partition coefficient (Wildman–Crippen LogP) is 5.10. The summed E-state index contributed by atoms with van der Waals surface area (Å²) in [5.41, 5.74) is 5.24. The molecule has 3 aromatic carbocycles. The molecule has 0 saturated carbocycles. The van der Waals surface area contributed by atoms with Crippen LogP contribution in [-0.4, -0.2) is 31.3 Å². The van der Waals surface area contributed by atoms with Gasteiger partial charge in [0.1, 0.15) is 5.75 Å². The second-order valence-corrected chi connectivity index (χ2v) is 7.73.